The van der Waals surface area contributed by atoms with Crippen LogP contribution < -0.4 is 15.6 Å². The van der Waals surface area contributed by atoms with Crippen LogP contribution in [0.3, 0.4) is 0 Å². The van der Waals surface area contributed by atoms with Crippen molar-refractivity contribution in [1.29, 1.82) is 0 Å². The molecule has 11 heteroatoms. The first kappa shape index (κ1) is 26.2. The van der Waals surface area contributed by atoms with Gasteiger partial charge in [0.05, 0.1) is 16.4 Å². The zero-order valence-corrected chi connectivity index (χ0v) is 23.1. The smallest absolute Gasteiger partial charge is 0.259 e. The summed E-state index contributed by atoms with van der Waals surface area (Å²) in [6, 6.07) is 9.27. The summed E-state index contributed by atoms with van der Waals surface area (Å²) < 4.78 is 19.2. The van der Waals surface area contributed by atoms with E-state index in [-0.39, 0.29) is 22.7 Å². The van der Waals surface area contributed by atoms with E-state index in [9.17, 15) is 14.4 Å². The number of halogens is 1. The van der Waals surface area contributed by atoms with Crippen molar-refractivity contribution in [2.24, 2.45) is 7.05 Å². The standard InChI is InChI=1S/C29H34FN7O3/c1-18-7-6-11-34(18)12-10-31-28(40)24-25(39)20-17-21(30)27(36-15-13-35(14-16-36)19(2)38)32-26(20)37-23-9-5-4-8-22(23)33(3)29(24)37/h4-5,8-9,17-18H,6-7,10-16H2,1-3H3,(H,31,40). The molecule has 0 spiro atoms. The Labute approximate surface area is 231 Å². The molecule has 0 bridgehead atoms. The van der Waals surface area contributed by atoms with Crippen LogP contribution in [0.2, 0.25) is 0 Å². The molecule has 2 fully saturated rings. The minimum Gasteiger partial charge on any atom is -0.351 e. The van der Waals surface area contributed by atoms with Crippen LogP contribution >= 0.6 is 0 Å². The second kappa shape index (κ2) is 10.2. The largest absolute Gasteiger partial charge is 0.351 e. The number of aryl methyl sites for hydroxylation is 1. The molecule has 1 unspecified atom stereocenters. The molecule has 10 nitrogen and oxygen atoms in total. The van der Waals surface area contributed by atoms with E-state index in [1.54, 1.807) is 14.2 Å². The van der Waals surface area contributed by atoms with Crippen LogP contribution in [0.25, 0.3) is 27.7 Å². The highest BCUT2D eigenvalue weighted by atomic mass is 19.1. The predicted octanol–water partition coefficient (Wildman–Crippen LogP) is 2.36. The first-order chi connectivity index (χ1) is 19.3. The van der Waals surface area contributed by atoms with E-state index in [1.165, 1.54) is 13.0 Å². The number of aromatic nitrogens is 3. The molecule has 2 amide bonds. The normalized spacial score (nSPS) is 18.4. The molecule has 210 valence electrons. The van der Waals surface area contributed by atoms with Gasteiger partial charge >= 0.3 is 0 Å². The topological polar surface area (TPSA) is 95.2 Å². The van der Waals surface area contributed by atoms with E-state index in [2.05, 4.69) is 17.1 Å². The fraction of sp³-hybridized carbons (Fsp3) is 0.448. The van der Waals surface area contributed by atoms with Crippen LogP contribution in [0.1, 0.15) is 37.0 Å². The number of nitrogens with one attached hydrogen (secondary N) is 1. The third kappa shape index (κ3) is 4.28. The van der Waals surface area contributed by atoms with Crippen LogP contribution in [0.15, 0.2) is 35.1 Å². The van der Waals surface area contributed by atoms with Crippen molar-refractivity contribution in [2.45, 2.75) is 32.7 Å². The zero-order valence-electron chi connectivity index (χ0n) is 23.1. The van der Waals surface area contributed by atoms with Crippen LogP contribution in [0, 0.1) is 5.82 Å². The summed E-state index contributed by atoms with van der Waals surface area (Å²) in [6.07, 6.45) is 2.29. The Morgan fingerprint density at radius 1 is 1.10 bits per heavy atom. The van der Waals surface area contributed by atoms with Crippen molar-refractivity contribution in [2.75, 3.05) is 50.7 Å². The molecule has 2 aliphatic rings. The van der Waals surface area contributed by atoms with Gasteiger partial charge in [0.1, 0.15) is 11.2 Å². The van der Waals surface area contributed by atoms with Crippen molar-refractivity contribution in [3.05, 3.63) is 51.9 Å². The summed E-state index contributed by atoms with van der Waals surface area (Å²) in [6.45, 7) is 7.61. The third-order valence-corrected chi connectivity index (χ3v) is 8.48. The fourth-order valence-corrected chi connectivity index (χ4v) is 6.24. The number of likely N-dealkylation sites (tertiary alicyclic amines) is 1. The first-order valence-electron chi connectivity index (χ1n) is 13.9. The third-order valence-electron chi connectivity index (χ3n) is 8.48. The van der Waals surface area contributed by atoms with Gasteiger partial charge in [0.15, 0.2) is 17.3 Å². The van der Waals surface area contributed by atoms with Gasteiger partial charge in [-0.15, -0.1) is 0 Å². The monoisotopic (exact) mass is 547 g/mol. The number of rotatable bonds is 5. The maximum atomic E-state index is 15.6. The molecule has 2 aliphatic heterocycles. The Morgan fingerprint density at radius 2 is 1.82 bits per heavy atom. The van der Waals surface area contributed by atoms with E-state index >= 15 is 4.39 Å². The van der Waals surface area contributed by atoms with Crippen LogP contribution in [-0.2, 0) is 11.8 Å². The van der Waals surface area contributed by atoms with E-state index < -0.39 is 17.2 Å². The lowest BCUT2D eigenvalue weighted by atomic mass is 10.1. The molecule has 2 saturated heterocycles. The second-order valence-corrected chi connectivity index (χ2v) is 10.9. The summed E-state index contributed by atoms with van der Waals surface area (Å²) in [5, 5.41) is 3.00. The van der Waals surface area contributed by atoms with Gasteiger partial charge in [0.2, 0.25) is 11.3 Å². The number of hydrogen-bond acceptors (Lipinski definition) is 6. The minimum absolute atomic E-state index is 0.0173. The highest BCUT2D eigenvalue weighted by molar-refractivity contribution is 6.06. The van der Waals surface area contributed by atoms with Gasteiger partial charge in [-0.3, -0.25) is 23.7 Å². The van der Waals surface area contributed by atoms with E-state index in [1.807, 2.05) is 35.9 Å². The van der Waals surface area contributed by atoms with Gasteiger partial charge in [-0.05, 0) is 44.5 Å². The summed E-state index contributed by atoms with van der Waals surface area (Å²) in [5.74, 6) is -0.993. The number of fused-ring (bicyclic) bond motifs is 5. The van der Waals surface area contributed by atoms with E-state index in [0.29, 0.717) is 56.6 Å². The number of hydrogen-bond donors (Lipinski definition) is 1. The predicted molar refractivity (Wildman–Crippen MR) is 152 cm³/mol. The average molecular weight is 548 g/mol. The van der Waals surface area contributed by atoms with Gasteiger partial charge in [-0.1, -0.05) is 12.1 Å². The summed E-state index contributed by atoms with van der Waals surface area (Å²) in [5.41, 5.74) is 1.72. The van der Waals surface area contributed by atoms with Crippen LogP contribution in [0.5, 0.6) is 0 Å². The molecule has 0 saturated carbocycles. The Morgan fingerprint density at radius 3 is 2.50 bits per heavy atom. The molecule has 0 aliphatic carbocycles. The van der Waals surface area contributed by atoms with Gasteiger partial charge < -0.3 is 19.7 Å². The SMILES string of the molecule is CC(=O)N1CCN(c2nc3c(cc2F)c(=O)c(C(=O)NCCN2CCCC2C)c2n(C)c4ccccc4n32)CC1. The van der Waals surface area contributed by atoms with Crippen molar-refractivity contribution >= 4 is 45.3 Å². The molecule has 6 rings (SSSR count). The number of anilines is 1. The number of amides is 2. The number of piperazine rings is 1. The lowest BCUT2D eigenvalue weighted by Crippen LogP contribution is -2.48. The fourth-order valence-electron chi connectivity index (χ4n) is 6.24. The van der Waals surface area contributed by atoms with Gasteiger partial charge in [-0.25, -0.2) is 9.37 Å². The second-order valence-electron chi connectivity index (χ2n) is 10.9. The maximum absolute atomic E-state index is 15.6. The van der Waals surface area contributed by atoms with Crippen molar-refractivity contribution in [1.82, 2.24) is 29.1 Å². The number of pyridine rings is 2. The lowest BCUT2D eigenvalue weighted by molar-refractivity contribution is -0.129. The van der Waals surface area contributed by atoms with Crippen molar-refractivity contribution in [3.8, 4) is 0 Å². The molecule has 1 N–H and O–H groups in total. The summed E-state index contributed by atoms with van der Waals surface area (Å²) >= 11 is 0. The highest BCUT2D eigenvalue weighted by Gasteiger charge is 2.28. The number of benzene rings is 1. The Kier molecular flexibility index (Phi) is 6.69. The molecule has 5 heterocycles. The molecule has 3 aromatic heterocycles. The van der Waals surface area contributed by atoms with Gasteiger partial charge in [-0.2, -0.15) is 0 Å². The molecule has 1 aromatic carbocycles. The molecule has 1 atom stereocenters. The van der Waals surface area contributed by atoms with Crippen LogP contribution in [0.4, 0.5) is 10.2 Å². The quantitative estimate of drug-likeness (QED) is 0.412. The lowest BCUT2D eigenvalue weighted by Gasteiger charge is -2.35. The number of para-hydroxylation sites is 2. The Hall–Kier alpha value is -3.99. The number of imidazole rings is 1. The Bertz CT molecular complexity index is 1700. The molecule has 0 radical (unpaired) electrons. The minimum atomic E-state index is -0.629. The summed E-state index contributed by atoms with van der Waals surface area (Å²) in [4.78, 5) is 49.8. The van der Waals surface area contributed by atoms with E-state index in [4.69, 9.17) is 4.98 Å². The van der Waals surface area contributed by atoms with Gasteiger partial charge in [0.25, 0.3) is 5.91 Å². The molecule has 40 heavy (non-hydrogen) atoms. The molecular formula is C29H34FN7O3. The highest BCUT2D eigenvalue weighted by Crippen LogP contribution is 2.28. The maximum Gasteiger partial charge on any atom is 0.259 e. The number of nitrogens with zero attached hydrogens (tertiary/aromatic N) is 6. The van der Waals surface area contributed by atoms with Crippen molar-refractivity contribution < 1.29 is 14.0 Å². The Balaban J connectivity index is 1.47. The molecular weight excluding hydrogens is 513 g/mol. The average Bonchev–Trinajstić information content (AvgIpc) is 3.49. The number of carbonyl (C=O) groups is 2. The van der Waals surface area contributed by atoms with E-state index in [0.717, 1.165) is 30.4 Å². The zero-order chi connectivity index (χ0) is 28.1. The number of carbonyl (C=O) groups excluding carboxylic acids is 2. The van der Waals surface area contributed by atoms with Gasteiger partial charge in [0, 0.05) is 59.3 Å². The summed E-state index contributed by atoms with van der Waals surface area (Å²) in [7, 11) is 1.82. The van der Waals surface area contributed by atoms with Crippen LogP contribution in [-0.4, -0.2) is 87.4 Å². The molecule has 4 aromatic rings. The van der Waals surface area contributed by atoms with Crippen molar-refractivity contribution in [3.63, 3.8) is 0 Å². The first-order valence-corrected chi connectivity index (χ1v) is 13.9.